The molecule has 0 radical (unpaired) electrons. The molecule has 21 heavy (non-hydrogen) atoms. The molecular formula is C15H19BrClN3S. The molecule has 1 heterocycles. The lowest BCUT2D eigenvalue weighted by atomic mass is 9.89. The first-order chi connectivity index (χ1) is 9.82. The van der Waals surface area contributed by atoms with Gasteiger partial charge in [0.15, 0.2) is 0 Å². The zero-order valence-electron chi connectivity index (χ0n) is 12.6. The minimum Gasteiger partial charge on any atom is -0.312 e. The van der Waals surface area contributed by atoms with Crippen LogP contribution < -0.4 is 5.32 Å². The van der Waals surface area contributed by atoms with E-state index in [0.29, 0.717) is 0 Å². The Morgan fingerprint density at radius 3 is 2.67 bits per heavy atom. The average molecular weight is 389 g/mol. The highest BCUT2D eigenvalue weighted by Crippen LogP contribution is 2.33. The molecule has 2 aromatic rings. The van der Waals surface area contributed by atoms with Crippen LogP contribution in [0, 0.1) is 0 Å². The molecule has 1 aromatic heterocycles. The Morgan fingerprint density at radius 2 is 2.10 bits per heavy atom. The minimum atomic E-state index is -0.0130. The number of rotatable bonds is 4. The number of nitrogens with one attached hydrogen (secondary N) is 1. The van der Waals surface area contributed by atoms with E-state index < -0.39 is 0 Å². The lowest BCUT2D eigenvalue weighted by molar-refractivity contribution is 0.530. The molecule has 3 nitrogen and oxygen atoms in total. The molecule has 6 heteroatoms. The van der Waals surface area contributed by atoms with Crippen LogP contribution in [-0.2, 0) is 11.8 Å². The van der Waals surface area contributed by atoms with E-state index in [1.807, 2.05) is 19.2 Å². The predicted molar refractivity (Wildman–Crippen MR) is 93.3 cm³/mol. The molecule has 1 N–H and O–H groups in total. The van der Waals surface area contributed by atoms with Crippen LogP contribution in [0.15, 0.2) is 22.7 Å². The van der Waals surface area contributed by atoms with E-state index in [2.05, 4.69) is 57.7 Å². The standard InChI is InChI=1S/C15H19BrClN3S/c1-15(2,3)14-13(21-20-19-14)12(18-4)7-9-5-6-10(16)8-11(9)17/h5-6,8,12,18H,7H2,1-4H3. The second kappa shape index (κ2) is 6.73. The first-order valence-corrected chi connectivity index (χ1v) is 8.71. The van der Waals surface area contributed by atoms with E-state index in [1.54, 1.807) is 0 Å². The van der Waals surface area contributed by atoms with Crippen LogP contribution >= 0.6 is 39.1 Å². The van der Waals surface area contributed by atoms with Gasteiger partial charge in [0.05, 0.1) is 10.6 Å². The Bertz CT molecular complexity index is 622. The molecule has 2 rings (SSSR count). The molecule has 0 saturated heterocycles. The van der Waals surface area contributed by atoms with Crippen molar-refractivity contribution in [3.8, 4) is 0 Å². The van der Waals surface area contributed by atoms with Gasteiger partial charge in [-0.1, -0.05) is 58.9 Å². The highest BCUT2D eigenvalue weighted by molar-refractivity contribution is 9.10. The zero-order chi connectivity index (χ0) is 15.6. The molecule has 1 atom stereocenters. The second-order valence-electron chi connectivity index (χ2n) is 6.02. The summed E-state index contributed by atoms with van der Waals surface area (Å²) < 4.78 is 5.14. The summed E-state index contributed by atoms with van der Waals surface area (Å²) in [6.07, 6.45) is 0.815. The molecule has 0 amide bonds. The van der Waals surface area contributed by atoms with E-state index >= 15 is 0 Å². The molecule has 114 valence electrons. The van der Waals surface area contributed by atoms with Crippen molar-refractivity contribution >= 4 is 39.1 Å². The normalized spacial score (nSPS) is 13.4. The van der Waals surface area contributed by atoms with Crippen LogP contribution in [0.4, 0.5) is 0 Å². The molecular weight excluding hydrogens is 370 g/mol. The van der Waals surface area contributed by atoms with Crippen molar-refractivity contribution in [1.29, 1.82) is 0 Å². The molecule has 1 unspecified atom stereocenters. The van der Waals surface area contributed by atoms with Gasteiger partial charge in [-0.3, -0.25) is 0 Å². The average Bonchev–Trinajstić information content (AvgIpc) is 2.87. The lowest BCUT2D eigenvalue weighted by Crippen LogP contribution is -2.23. The van der Waals surface area contributed by atoms with Gasteiger partial charge in [0.1, 0.15) is 0 Å². The Morgan fingerprint density at radius 1 is 1.38 bits per heavy atom. The van der Waals surface area contributed by atoms with E-state index in [1.165, 1.54) is 16.4 Å². The number of hydrogen-bond acceptors (Lipinski definition) is 4. The first-order valence-electron chi connectivity index (χ1n) is 6.77. The van der Waals surface area contributed by atoms with Crippen LogP contribution in [0.3, 0.4) is 0 Å². The van der Waals surface area contributed by atoms with E-state index in [4.69, 9.17) is 11.6 Å². The van der Waals surface area contributed by atoms with Crippen molar-refractivity contribution in [3.63, 3.8) is 0 Å². The molecule has 0 aliphatic heterocycles. The topological polar surface area (TPSA) is 37.8 Å². The number of likely N-dealkylation sites (N-methyl/N-ethyl adjacent to an activating group) is 1. The fourth-order valence-corrected chi connectivity index (χ4v) is 3.90. The maximum Gasteiger partial charge on any atom is 0.0857 e. The number of halogens is 2. The Balaban J connectivity index is 2.31. The third-order valence-electron chi connectivity index (χ3n) is 3.33. The van der Waals surface area contributed by atoms with Gasteiger partial charge in [0.2, 0.25) is 0 Å². The molecule has 0 spiro atoms. The Hall–Kier alpha value is -0.490. The molecule has 0 aliphatic rings. The molecule has 0 bridgehead atoms. The van der Waals surface area contributed by atoms with Crippen molar-refractivity contribution < 1.29 is 0 Å². The molecule has 0 fully saturated rings. The van der Waals surface area contributed by atoms with Gasteiger partial charge < -0.3 is 5.32 Å². The van der Waals surface area contributed by atoms with Crippen LogP contribution in [0.25, 0.3) is 0 Å². The summed E-state index contributed by atoms with van der Waals surface area (Å²) in [6, 6.07) is 6.17. The number of hydrogen-bond donors (Lipinski definition) is 1. The van der Waals surface area contributed by atoms with Crippen molar-refractivity contribution in [2.75, 3.05) is 7.05 Å². The minimum absolute atomic E-state index is 0.0130. The van der Waals surface area contributed by atoms with Crippen LogP contribution in [0.5, 0.6) is 0 Å². The van der Waals surface area contributed by atoms with Gasteiger partial charge in [-0.05, 0) is 42.7 Å². The second-order valence-corrected chi connectivity index (χ2v) is 8.13. The van der Waals surface area contributed by atoms with Crippen LogP contribution in [-0.4, -0.2) is 16.6 Å². The summed E-state index contributed by atoms with van der Waals surface area (Å²) in [5, 5.41) is 8.47. The van der Waals surface area contributed by atoms with Gasteiger partial charge >= 0.3 is 0 Å². The van der Waals surface area contributed by atoms with E-state index in [0.717, 1.165) is 27.2 Å². The monoisotopic (exact) mass is 387 g/mol. The summed E-state index contributed by atoms with van der Waals surface area (Å²) in [5.74, 6) is 0. The van der Waals surface area contributed by atoms with Gasteiger partial charge in [-0.2, -0.15) is 0 Å². The molecule has 0 saturated carbocycles. The van der Waals surface area contributed by atoms with Crippen molar-refractivity contribution in [2.45, 2.75) is 38.6 Å². The van der Waals surface area contributed by atoms with Crippen molar-refractivity contribution in [1.82, 2.24) is 14.9 Å². The summed E-state index contributed by atoms with van der Waals surface area (Å²) in [4.78, 5) is 1.18. The smallest absolute Gasteiger partial charge is 0.0857 e. The highest BCUT2D eigenvalue weighted by Gasteiger charge is 2.27. The van der Waals surface area contributed by atoms with Gasteiger partial charge in [-0.15, -0.1) is 5.10 Å². The van der Waals surface area contributed by atoms with Gasteiger partial charge in [0.25, 0.3) is 0 Å². The third-order valence-corrected chi connectivity index (χ3v) is 5.01. The van der Waals surface area contributed by atoms with Crippen molar-refractivity contribution in [2.24, 2.45) is 0 Å². The Labute approximate surface area is 143 Å². The number of aromatic nitrogens is 2. The molecule has 0 aliphatic carbocycles. The highest BCUT2D eigenvalue weighted by atomic mass is 79.9. The SMILES string of the molecule is CNC(Cc1ccc(Br)cc1Cl)c1snnc1C(C)(C)C. The fraction of sp³-hybridized carbons (Fsp3) is 0.467. The third kappa shape index (κ3) is 4.03. The number of benzene rings is 1. The maximum atomic E-state index is 6.34. The zero-order valence-corrected chi connectivity index (χ0v) is 15.7. The van der Waals surface area contributed by atoms with Gasteiger partial charge in [-0.25, -0.2) is 0 Å². The summed E-state index contributed by atoms with van der Waals surface area (Å²) in [5.41, 5.74) is 2.16. The van der Waals surface area contributed by atoms with Crippen LogP contribution in [0.1, 0.15) is 42.9 Å². The quantitative estimate of drug-likeness (QED) is 0.821. The maximum absolute atomic E-state index is 6.34. The largest absolute Gasteiger partial charge is 0.312 e. The van der Waals surface area contributed by atoms with Gasteiger partial charge in [0, 0.05) is 21.0 Å². The Kier molecular flexibility index (Phi) is 5.41. The van der Waals surface area contributed by atoms with Crippen LogP contribution in [0.2, 0.25) is 5.02 Å². The van der Waals surface area contributed by atoms with E-state index in [9.17, 15) is 0 Å². The first kappa shape index (κ1) is 16.9. The summed E-state index contributed by atoms with van der Waals surface area (Å²) in [6.45, 7) is 6.48. The summed E-state index contributed by atoms with van der Waals surface area (Å²) >= 11 is 11.2. The summed E-state index contributed by atoms with van der Waals surface area (Å²) in [7, 11) is 1.96. The van der Waals surface area contributed by atoms with E-state index in [-0.39, 0.29) is 11.5 Å². The lowest BCUT2D eigenvalue weighted by Gasteiger charge is -2.22. The van der Waals surface area contributed by atoms with Crippen molar-refractivity contribution in [3.05, 3.63) is 43.8 Å². The fourth-order valence-electron chi connectivity index (χ4n) is 2.18. The number of nitrogens with zero attached hydrogens (tertiary/aromatic N) is 2. The predicted octanol–water partition coefficient (Wildman–Crippen LogP) is 4.75. The molecule has 1 aromatic carbocycles.